The maximum Gasteiger partial charge on any atom is 0.261 e. The lowest BCUT2D eigenvalue weighted by atomic mass is 9.95. The van der Waals surface area contributed by atoms with E-state index in [0.717, 1.165) is 30.2 Å². The second-order valence-corrected chi connectivity index (χ2v) is 11.1. The van der Waals surface area contributed by atoms with Crippen molar-refractivity contribution in [2.45, 2.75) is 77.4 Å². The first-order valence-electron chi connectivity index (χ1n) is 12.1. The monoisotopic (exact) mass is 582 g/mol. The van der Waals surface area contributed by atoms with Crippen molar-refractivity contribution < 1.29 is 14.3 Å². The van der Waals surface area contributed by atoms with Crippen LogP contribution in [-0.4, -0.2) is 35.4 Å². The van der Waals surface area contributed by atoms with Gasteiger partial charge in [0.25, 0.3) is 5.91 Å². The predicted octanol–water partition coefficient (Wildman–Crippen LogP) is 7.12. The summed E-state index contributed by atoms with van der Waals surface area (Å²) in [5.74, 6) is 0.483. The summed E-state index contributed by atoms with van der Waals surface area (Å²) in [6.45, 7) is 5.95. The normalized spacial score (nSPS) is 15.1. The van der Waals surface area contributed by atoms with Crippen LogP contribution in [0.2, 0.25) is 10.0 Å². The van der Waals surface area contributed by atoms with Gasteiger partial charge in [-0.3, -0.25) is 9.59 Å². The zero-order valence-corrected chi connectivity index (χ0v) is 23.5. The Bertz CT molecular complexity index is 1040. The van der Waals surface area contributed by atoms with Gasteiger partial charge in [-0.25, -0.2) is 0 Å². The van der Waals surface area contributed by atoms with Crippen LogP contribution in [0.25, 0.3) is 0 Å². The van der Waals surface area contributed by atoms with E-state index in [9.17, 15) is 9.59 Å². The number of carbonyl (C=O) groups excluding carboxylic acids is 2. The highest BCUT2D eigenvalue weighted by Gasteiger charge is 2.29. The molecule has 5 nitrogen and oxygen atoms in total. The summed E-state index contributed by atoms with van der Waals surface area (Å²) >= 11 is 16.0. The molecule has 1 atom stereocenters. The van der Waals surface area contributed by atoms with Crippen LogP contribution >= 0.6 is 39.1 Å². The fourth-order valence-corrected chi connectivity index (χ4v) is 5.18. The fraction of sp³-hybridized carbons (Fsp3) is 0.481. The molecule has 0 bridgehead atoms. The molecule has 0 unspecified atom stereocenters. The number of nitrogens with zero attached hydrogens (tertiary/aromatic N) is 1. The molecule has 2 amide bonds. The van der Waals surface area contributed by atoms with Gasteiger partial charge < -0.3 is 15.0 Å². The molecule has 1 aliphatic rings. The lowest BCUT2D eigenvalue weighted by molar-refractivity contribution is -0.142. The molecule has 0 saturated heterocycles. The Morgan fingerprint density at radius 3 is 2.43 bits per heavy atom. The maximum absolute atomic E-state index is 13.4. The zero-order chi connectivity index (χ0) is 25.5. The van der Waals surface area contributed by atoms with E-state index < -0.39 is 6.04 Å². The Labute approximate surface area is 226 Å². The molecular weight excluding hydrogens is 551 g/mol. The van der Waals surface area contributed by atoms with E-state index in [1.165, 1.54) is 16.9 Å². The molecular formula is C27H33BrCl2N2O3. The number of hydrogen-bond acceptors (Lipinski definition) is 3. The average Bonchev–Trinajstić information content (AvgIpc) is 2.82. The highest BCUT2D eigenvalue weighted by Crippen LogP contribution is 2.29. The molecule has 3 rings (SSSR count). The third-order valence-corrected chi connectivity index (χ3v) is 7.66. The molecule has 1 fully saturated rings. The van der Waals surface area contributed by atoms with Gasteiger partial charge in [0.2, 0.25) is 5.91 Å². The summed E-state index contributed by atoms with van der Waals surface area (Å²) in [5, 5.41) is 4.09. The van der Waals surface area contributed by atoms with Crippen LogP contribution in [-0.2, 0) is 16.1 Å². The number of benzene rings is 2. The minimum absolute atomic E-state index is 0.154. The van der Waals surface area contributed by atoms with Crippen molar-refractivity contribution >= 4 is 50.9 Å². The summed E-state index contributed by atoms with van der Waals surface area (Å²) in [6, 6.07) is 10.4. The lowest BCUT2D eigenvalue weighted by Crippen LogP contribution is -2.51. The van der Waals surface area contributed by atoms with Crippen LogP contribution in [0.15, 0.2) is 40.9 Å². The van der Waals surface area contributed by atoms with Gasteiger partial charge in [0.15, 0.2) is 6.61 Å². The molecule has 1 saturated carbocycles. The third-order valence-electron chi connectivity index (χ3n) is 6.45. The van der Waals surface area contributed by atoms with Crippen molar-refractivity contribution in [2.75, 3.05) is 6.61 Å². The first kappa shape index (κ1) is 27.8. The number of carbonyl (C=O) groups is 2. The van der Waals surface area contributed by atoms with Crippen molar-refractivity contribution in [2.24, 2.45) is 0 Å². The van der Waals surface area contributed by atoms with E-state index >= 15 is 0 Å². The van der Waals surface area contributed by atoms with Crippen molar-refractivity contribution in [3.8, 4) is 5.75 Å². The molecule has 0 aromatic heterocycles. The molecule has 0 radical (unpaired) electrons. The van der Waals surface area contributed by atoms with E-state index in [0.29, 0.717) is 27.3 Å². The molecule has 0 heterocycles. The predicted molar refractivity (Wildman–Crippen MR) is 145 cm³/mol. The molecule has 1 N–H and O–H groups in total. The van der Waals surface area contributed by atoms with Crippen molar-refractivity contribution in [1.29, 1.82) is 0 Å². The van der Waals surface area contributed by atoms with E-state index in [2.05, 4.69) is 35.1 Å². The van der Waals surface area contributed by atoms with Gasteiger partial charge in [-0.05, 0) is 77.0 Å². The summed E-state index contributed by atoms with van der Waals surface area (Å²) in [4.78, 5) is 28.0. The first-order valence-corrected chi connectivity index (χ1v) is 13.7. The third kappa shape index (κ3) is 7.86. The van der Waals surface area contributed by atoms with Crippen LogP contribution in [0.4, 0.5) is 0 Å². The van der Waals surface area contributed by atoms with Gasteiger partial charge in [-0.2, -0.15) is 0 Å². The molecule has 35 heavy (non-hydrogen) atoms. The number of nitrogens with one attached hydrogen (secondary N) is 1. The summed E-state index contributed by atoms with van der Waals surface area (Å²) in [6.07, 6.45) is 5.37. The first-order chi connectivity index (χ1) is 16.7. The van der Waals surface area contributed by atoms with Gasteiger partial charge in [-0.1, -0.05) is 68.4 Å². The number of ether oxygens (including phenoxy) is 1. The number of rotatable bonds is 9. The Hall–Kier alpha value is -1.76. The fourth-order valence-electron chi connectivity index (χ4n) is 4.20. The maximum atomic E-state index is 13.4. The standard InChI is InChI=1S/C27H33BrCl2N2O3/c1-17(2)19-10-12-25(23(28)13-19)35-16-26(33)32(15-20-9-11-21(29)14-24(20)30)18(3)27(34)31-22-7-5-4-6-8-22/h9-14,17-18,22H,4-8,15-16H2,1-3H3,(H,31,34)/t18-/m1/s1. The van der Waals surface area contributed by atoms with Crippen LogP contribution in [0.5, 0.6) is 5.75 Å². The second kappa shape index (κ2) is 13.0. The van der Waals surface area contributed by atoms with Gasteiger partial charge in [0.1, 0.15) is 11.8 Å². The van der Waals surface area contributed by atoms with Crippen LogP contribution in [0.1, 0.15) is 69.9 Å². The zero-order valence-electron chi connectivity index (χ0n) is 20.5. The van der Waals surface area contributed by atoms with Crippen LogP contribution < -0.4 is 10.1 Å². The van der Waals surface area contributed by atoms with E-state index in [1.54, 1.807) is 25.1 Å². The Balaban J connectivity index is 1.75. The smallest absolute Gasteiger partial charge is 0.261 e. The minimum atomic E-state index is -0.688. The quantitative estimate of drug-likeness (QED) is 0.342. The average molecular weight is 584 g/mol. The molecule has 2 aromatic rings. The topological polar surface area (TPSA) is 58.6 Å². The molecule has 1 aliphatic carbocycles. The van der Waals surface area contributed by atoms with Gasteiger partial charge in [0.05, 0.1) is 4.47 Å². The highest BCUT2D eigenvalue weighted by atomic mass is 79.9. The molecule has 0 spiro atoms. The highest BCUT2D eigenvalue weighted by molar-refractivity contribution is 9.10. The van der Waals surface area contributed by atoms with Crippen LogP contribution in [0, 0.1) is 0 Å². The summed E-state index contributed by atoms with van der Waals surface area (Å²) < 4.78 is 6.64. The van der Waals surface area contributed by atoms with Crippen LogP contribution in [0.3, 0.4) is 0 Å². The Morgan fingerprint density at radius 1 is 1.09 bits per heavy atom. The van der Waals surface area contributed by atoms with E-state index in [-0.39, 0.29) is 31.0 Å². The Kier molecular flexibility index (Phi) is 10.3. The van der Waals surface area contributed by atoms with Gasteiger partial charge in [0, 0.05) is 22.6 Å². The van der Waals surface area contributed by atoms with Crippen molar-refractivity contribution in [3.05, 3.63) is 62.0 Å². The molecule has 2 aromatic carbocycles. The van der Waals surface area contributed by atoms with Gasteiger partial charge >= 0.3 is 0 Å². The summed E-state index contributed by atoms with van der Waals surface area (Å²) in [7, 11) is 0. The molecule has 190 valence electrons. The van der Waals surface area contributed by atoms with E-state index in [4.69, 9.17) is 27.9 Å². The Morgan fingerprint density at radius 2 is 1.80 bits per heavy atom. The number of halogens is 3. The SMILES string of the molecule is CC(C)c1ccc(OCC(=O)N(Cc2ccc(Cl)cc2Cl)[C@H](C)C(=O)NC2CCCCC2)c(Br)c1. The summed E-state index contributed by atoms with van der Waals surface area (Å²) in [5.41, 5.74) is 1.88. The molecule has 0 aliphatic heterocycles. The number of amides is 2. The second-order valence-electron chi connectivity index (χ2n) is 9.41. The molecule has 8 heteroatoms. The number of hydrogen-bond donors (Lipinski definition) is 1. The van der Waals surface area contributed by atoms with E-state index in [1.807, 2.05) is 18.2 Å². The van der Waals surface area contributed by atoms with Crippen molar-refractivity contribution in [3.63, 3.8) is 0 Å². The lowest BCUT2D eigenvalue weighted by Gasteiger charge is -2.31. The van der Waals surface area contributed by atoms with Crippen molar-refractivity contribution in [1.82, 2.24) is 10.2 Å². The minimum Gasteiger partial charge on any atom is -0.483 e. The largest absolute Gasteiger partial charge is 0.483 e. The van der Waals surface area contributed by atoms with Gasteiger partial charge in [-0.15, -0.1) is 0 Å².